The molecule has 4 nitrogen and oxygen atoms in total. The first kappa shape index (κ1) is 13.7. The molecule has 0 spiro atoms. The quantitative estimate of drug-likeness (QED) is 0.494. The monoisotopic (exact) mass is 220 g/mol. The number of aliphatic carboxylic acids is 1. The number of hydrogen-bond donors (Lipinski definition) is 3. The first-order valence-corrected chi connectivity index (χ1v) is 6.26. The molecule has 4 N–H and O–H groups in total. The topological polar surface area (TPSA) is 75.3 Å². The van der Waals surface area contributed by atoms with Crippen LogP contribution in [0, 0.1) is 0 Å². The minimum Gasteiger partial charge on any atom is -0.480 e. The molecule has 0 heterocycles. The predicted octanol–water partition coefficient (Wildman–Crippen LogP) is 0.521. The highest BCUT2D eigenvalue weighted by atomic mass is 32.2. The molecule has 0 aromatic carbocycles. The molecule has 0 aliphatic rings. The number of thioether (sulfide) groups is 1. The maximum Gasteiger partial charge on any atom is 0.321 e. The molecule has 0 fully saturated rings. The summed E-state index contributed by atoms with van der Waals surface area (Å²) in [5.74, 6) is 0.258. The molecule has 0 amide bonds. The molecule has 84 valence electrons. The highest BCUT2D eigenvalue weighted by Gasteiger charge is 2.09. The summed E-state index contributed by atoms with van der Waals surface area (Å²) >= 11 is 1.86. The van der Waals surface area contributed by atoms with Crippen molar-refractivity contribution in [2.24, 2.45) is 5.73 Å². The van der Waals surface area contributed by atoms with Crippen molar-refractivity contribution in [1.82, 2.24) is 5.32 Å². The molecular weight excluding hydrogens is 200 g/mol. The van der Waals surface area contributed by atoms with Crippen LogP contribution in [0.5, 0.6) is 0 Å². The highest BCUT2D eigenvalue weighted by molar-refractivity contribution is 7.98. The second-order valence-electron chi connectivity index (χ2n) is 3.20. The van der Waals surface area contributed by atoms with Crippen LogP contribution < -0.4 is 11.1 Å². The van der Waals surface area contributed by atoms with Crippen LogP contribution in [0.15, 0.2) is 0 Å². The highest BCUT2D eigenvalue weighted by Crippen LogP contribution is 2.00. The zero-order valence-electron chi connectivity index (χ0n) is 8.66. The van der Waals surface area contributed by atoms with Crippen LogP contribution in [-0.4, -0.2) is 42.2 Å². The molecule has 5 heteroatoms. The molecule has 0 aliphatic heterocycles. The predicted molar refractivity (Wildman–Crippen MR) is 60.7 cm³/mol. The van der Waals surface area contributed by atoms with E-state index in [2.05, 4.69) is 11.6 Å². The van der Waals surface area contributed by atoms with Gasteiger partial charge in [-0.1, -0.05) is 6.42 Å². The summed E-state index contributed by atoms with van der Waals surface area (Å²) in [5, 5.41) is 11.5. The largest absolute Gasteiger partial charge is 0.480 e. The van der Waals surface area contributed by atoms with Crippen molar-refractivity contribution in [2.75, 3.05) is 25.1 Å². The van der Waals surface area contributed by atoms with E-state index in [1.54, 1.807) is 0 Å². The van der Waals surface area contributed by atoms with Gasteiger partial charge in [-0.2, -0.15) is 11.8 Å². The molecule has 0 aromatic heterocycles. The second kappa shape index (κ2) is 9.30. The standard InChI is InChI=1S/C9H20N2O2S/c1-14-6-4-2-3-5-11-7-8(10)9(12)13/h8,11H,2-7,10H2,1H3,(H,12,13). The van der Waals surface area contributed by atoms with E-state index in [4.69, 9.17) is 10.8 Å². The van der Waals surface area contributed by atoms with Crippen molar-refractivity contribution in [1.29, 1.82) is 0 Å². The average molecular weight is 220 g/mol. The number of carboxylic acid groups (broad SMARTS) is 1. The summed E-state index contributed by atoms with van der Waals surface area (Å²) in [6.45, 7) is 1.22. The third-order valence-corrected chi connectivity index (χ3v) is 2.58. The van der Waals surface area contributed by atoms with Gasteiger partial charge < -0.3 is 16.2 Å². The van der Waals surface area contributed by atoms with E-state index in [1.165, 1.54) is 18.6 Å². The first-order valence-electron chi connectivity index (χ1n) is 4.86. The van der Waals surface area contributed by atoms with Crippen LogP contribution in [0.2, 0.25) is 0 Å². The van der Waals surface area contributed by atoms with E-state index >= 15 is 0 Å². The number of nitrogens with two attached hydrogens (primary N) is 1. The third kappa shape index (κ3) is 8.34. The Morgan fingerprint density at radius 3 is 2.79 bits per heavy atom. The molecule has 1 atom stereocenters. The van der Waals surface area contributed by atoms with Crippen molar-refractivity contribution >= 4 is 17.7 Å². The normalized spacial score (nSPS) is 12.7. The Kier molecular flexibility index (Phi) is 9.13. The van der Waals surface area contributed by atoms with Crippen LogP contribution in [0.4, 0.5) is 0 Å². The second-order valence-corrected chi connectivity index (χ2v) is 4.19. The smallest absolute Gasteiger partial charge is 0.321 e. The lowest BCUT2D eigenvalue weighted by Gasteiger charge is -2.07. The lowest BCUT2D eigenvalue weighted by molar-refractivity contribution is -0.138. The van der Waals surface area contributed by atoms with Crippen molar-refractivity contribution < 1.29 is 9.90 Å². The average Bonchev–Trinajstić information content (AvgIpc) is 2.16. The summed E-state index contributed by atoms with van der Waals surface area (Å²) in [6.07, 6.45) is 5.61. The van der Waals surface area contributed by atoms with Gasteiger partial charge in [-0.05, 0) is 31.4 Å². The summed E-state index contributed by atoms with van der Waals surface area (Å²) < 4.78 is 0. The molecule has 0 saturated heterocycles. The van der Waals surface area contributed by atoms with Gasteiger partial charge in [0.05, 0.1) is 0 Å². The number of nitrogens with one attached hydrogen (secondary N) is 1. The van der Waals surface area contributed by atoms with Crippen molar-refractivity contribution in [3.8, 4) is 0 Å². The van der Waals surface area contributed by atoms with Crippen molar-refractivity contribution in [2.45, 2.75) is 25.3 Å². The number of unbranched alkanes of at least 4 members (excludes halogenated alkanes) is 2. The zero-order chi connectivity index (χ0) is 10.8. The van der Waals surface area contributed by atoms with E-state index < -0.39 is 12.0 Å². The summed E-state index contributed by atoms with van der Waals surface area (Å²) in [4.78, 5) is 10.3. The zero-order valence-corrected chi connectivity index (χ0v) is 9.48. The Morgan fingerprint density at radius 2 is 2.21 bits per heavy atom. The lowest BCUT2D eigenvalue weighted by Crippen LogP contribution is -2.40. The molecular formula is C9H20N2O2S. The number of rotatable bonds is 9. The van der Waals surface area contributed by atoms with Gasteiger partial charge in [0.1, 0.15) is 6.04 Å². The Hall–Kier alpha value is -0.260. The van der Waals surface area contributed by atoms with Crippen LogP contribution in [-0.2, 0) is 4.79 Å². The van der Waals surface area contributed by atoms with Crippen molar-refractivity contribution in [3.63, 3.8) is 0 Å². The van der Waals surface area contributed by atoms with Crippen LogP contribution in [0.1, 0.15) is 19.3 Å². The molecule has 0 bridgehead atoms. The summed E-state index contributed by atoms with van der Waals surface area (Å²) in [5.41, 5.74) is 5.31. The Morgan fingerprint density at radius 1 is 1.50 bits per heavy atom. The SMILES string of the molecule is CSCCCCCNCC(N)C(=O)O. The fraction of sp³-hybridized carbons (Fsp3) is 0.889. The van der Waals surface area contributed by atoms with Gasteiger partial charge >= 0.3 is 5.97 Å². The van der Waals surface area contributed by atoms with Crippen LogP contribution in [0.25, 0.3) is 0 Å². The Bertz CT molecular complexity index is 156. The fourth-order valence-corrected chi connectivity index (χ4v) is 1.51. The van der Waals surface area contributed by atoms with E-state index in [0.29, 0.717) is 6.54 Å². The molecule has 14 heavy (non-hydrogen) atoms. The fourth-order valence-electron chi connectivity index (χ4n) is 1.02. The molecule has 0 saturated carbocycles. The van der Waals surface area contributed by atoms with E-state index in [-0.39, 0.29) is 0 Å². The van der Waals surface area contributed by atoms with Crippen LogP contribution >= 0.6 is 11.8 Å². The molecule has 0 radical (unpaired) electrons. The van der Waals surface area contributed by atoms with Gasteiger partial charge in [-0.3, -0.25) is 4.79 Å². The van der Waals surface area contributed by atoms with Crippen LogP contribution in [0.3, 0.4) is 0 Å². The first-order chi connectivity index (χ1) is 6.68. The van der Waals surface area contributed by atoms with E-state index in [0.717, 1.165) is 13.0 Å². The summed E-state index contributed by atoms with van der Waals surface area (Å²) in [6, 6.07) is -0.777. The van der Waals surface area contributed by atoms with Gasteiger partial charge in [0.2, 0.25) is 0 Å². The number of carboxylic acids is 1. The molecule has 0 aromatic rings. The minimum atomic E-state index is -0.945. The maximum absolute atomic E-state index is 10.3. The van der Waals surface area contributed by atoms with Gasteiger partial charge in [0.15, 0.2) is 0 Å². The number of hydrogen-bond acceptors (Lipinski definition) is 4. The van der Waals surface area contributed by atoms with Gasteiger partial charge in [-0.15, -0.1) is 0 Å². The van der Waals surface area contributed by atoms with Gasteiger partial charge in [0.25, 0.3) is 0 Å². The Balaban J connectivity index is 3.09. The lowest BCUT2D eigenvalue weighted by atomic mass is 10.2. The molecule has 0 aliphatic carbocycles. The van der Waals surface area contributed by atoms with Gasteiger partial charge in [-0.25, -0.2) is 0 Å². The molecule has 1 unspecified atom stereocenters. The molecule has 0 rings (SSSR count). The minimum absolute atomic E-state index is 0.359. The van der Waals surface area contributed by atoms with Gasteiger partial charge in [0, 0.05) is 6.54 Å². The summed E-state index contributed by atoms with van der Waals surface area (Å²) in [7, 11) is 0. The maximum atomic E-state index is 10.3. The Labute approximate surface area is 89.6 Å². The van der Waals surface area contributed by atoms with Crippen molar-refractivity contribution in [3.05, 3.63) is 0 Å². The number of carbonyl (C=O) groups is 1. The van der Waals surface area contributed by atoms with E-state index in [9.17, 15) is 4.79 Å². The van der Waals surface area contributed by atoms with E-state index in [1.807, 2.05) is 11.8 Å². The third-order valence-electron chi connectivity index (χ3n) is 1.88.